The summed E-state index contributed by atoms with van der Waals surface area (Å²) in [5.74, 6) is 1.41. The average molecular weight is 382 g/mol. The highest BCUT2D eigenvalue weighted by Crippen LogP contribution is 2.35. The number of carbonyl (C=O) groups is 1. The molecule has 0 unspecified atom stereocenters. The predicted octanol–water partition coefficient (Wildman–Crippen LogP) is 4.73. The first-order valence-electron chi connectivity index (χ1n) is 10.0. The second-order valence-electron chi connectivity index (χ2n) is 7.67. The van der Waals surface area contributed by atoms with Gasteiger partial charge in [0.05, 0.1) is 11.4 Å². The van der Waals surface area contributed by atoms with Gasteiger partial charge >= 0.3 is 0 Å². The van der Waals surface area contributed by atoms with Gasteiger partial charge in [-0.05, 0) is 44.6 Å². The molecule has 0 bridgehead atoms. The molecule has 1 saturated heterocycles. The van der Waals surface area contributed by atoms with Crippen LogP contribution in [0.3, 0.4) is 0 Å². The van der Waals surface area contributed by atoms with Crippen LogP contribution in [0.5, 0.6) is 0 Å². The normalized spacial score (nSPS) is 22.3. The summed E-state index contributed by atoms with van der Waals surface area (Å²) in [4.78, 5) is 24.3. The highest BCUT2D eigenvalue weighted by atomic mass is 32.2. The van der Waals surface area contributed by atoms with Crippen molar-refractivity contribution in [3.63, 3.8) is 0 Å². The number of benzene rings is 1. The smallest absolute Gasteiger partial charge is 0.233 e. The standard InChI is InChI=1S/C22H27N3OS/c1-16-14-19(17-8-3-2-4-9-17)24-22(23-16)27-15-21(26)25-13-7-11-18-10-5-6-12-20(18)25/h2-4,8-9,14,18,20H,5-7,10-13,15H2,1H3/t18-,20+/m0/s1. The van der Waals surface area contributed by atoms with Gasteiger partial charge in [-0.2, -0.15) is 0 Å². The van der Waals surface area contributed by atoms with Crippen LogP contribution in [0.15, 0.2) is 41.6 Å². The highest BCUT2D eigenvalue weighted by molar-refractivity contribution is 7.99. The van der Waals surface area contributed by atoms with E-state index >= 15 is 0 Å². The Kier molecular flexibility index (Phi) is 5.77. The second kappa shape index (κ2) is 8.42. The fourth-order valence-electron chi connectivity index (χ4n) is 4.51. The Hall–Kier alpha value is -1.88. The average Bonchev–Trinajstić information content (AvgIpc) is 2.72. The van der Waals surface area contributed by atoms with Crippen molar-refractivity contribution in [2.24, 2.45) is 5.92 Å². The summed E-state index contributed by atoms with van der Waals surface area (Å²) in [5, 5.41) is 0.694. The van der Waals surface area contributed by atoms with Gasteiger partial charge in [0.2, 0.25) is 5.91 Å². The second-order valence-corrected chi connectivity index (χ2v) is 8.62. The number of likely N-dealkylation sites (tertiary alicyclic amines) is 1. The van der Waals surface area contributed by atoms with Crippen LogP contribution >= 0.6 is 11.8 Å². The van der Waals surface area contributed by atoms with Gasteiger partial charge in [0.1, 0.15) is 0 Å². The summed E-state index contributed by atoms with van der Waals surface area (Å²) in [6, 6.07) is 12.6. The molecule has 142 valence electrons. The number of nitrogens with zero attached hydrogens (tertiary/aromatic N) is 3. The summed E-state index contributed by atoms with van der Waals surface area (Å²) >= 11 is 1.47. The number of hydrogen-bond donors (Lipinski definition) is 0. The zero-order chi connectivity index (χ0) is 18.6. The van der Waals surface area contributed by atoms with E-state index in [2.05, 4.69) is 27.0 Å². The molecule has 2 aromatic rings. The first-order chi connectivity index (χ1) is 13.2. The maximum absolute atomic E-state index is 12.9. The summed E-state index contributed by atoms with van der Waals surface area (Å²) in [7, 11) is 0. The van der Waals surface area contributed by atoms with Crippen LogP contribution in [-0.2, 0) is 4.79 Å². The molecule has 1 saturated carbocycles. The number of fused-ring (bicyclic) bond motifs is 1. The van der Waals surface area contributed by atoms with E-state index in [4.69, 9.17) is 0 Å². The minimum absolute atomic E-state index is 0.253. The first kappa shape index (κ1) is 18.5. The van der Waals surface area contributed by atoms with Gasteiger partial charge in [-0.3, -0.25) is 4.79 Å². The molecule has 4 nitrogen and oxygen atoms in total. The molecule has 0 spiro atoms. The van der Waals surface area contributed by atoms with Gasteiger partial charge in [-0.25, -0.2) is 9.97 Å². The van der Waals surface area contributed by atoms with E-state index < -0.39 is 0 Å². The number of thioether (sulfide) groups is 1. The van der Waals surface area contributed by atoms with Crippen molar-refractivity contribution >= 4 is 17.7 Å². The van der Waals surface area contributed by atoms with E-state index in [9.17, 15) is 4.79 Å². The summed E-state index contributed by atoms with van der Waals surface area (Å²) in [6.07, 6.45) is 7.51. The molecular weight excluding hydrogens is 354 g/mol. The Morgan fingerprint density at radius 3 is 2.74 bits per heavy atom. The molecule has 2 fully saturated rings. The van der Waals surface area contributed by atoms with Crippen LogP contribution in [0.4, 0.5) is 0 Å². The lowest BCUT2D eigenvalue weighted by Gasteiger charge is -2.44. The molecule has 2 atom stereocenters. The molecule has 1 amide bonds. The molecule has 1 aliphatic carbocycles. The van der Waals surface area contributed by atoms with Gasteiger partial charge in [0.15, 0.2) is 5.16 Å². The largest absolute Gasteiger partial charge is 0.339 e. The van der Waals surface area contributed by atoms with E-state index in [0.717, 1.165) is 35.8 Å². The number of carbonyl (C=O) groups excluding carboxylic acids is 1. The van der Waals surface area contributed by atoms with Crippen molar-refractivity contribution in [3.8, 4) is 11.3 Å². The lowest BCUT2D eigenvalue weighted by atomic mass is 9.78. The Morgan fingerprint density at radius 1 is 1.11 bits per heavy atom. The fourth-order valence-corrected chi connectivity index (χ4v) is 5.30. The minimum Gasteiger partial charge on any atom is -0.339 e. The Morgan fingerprint density at radius 2 is 1.89 bits per heavy atom. The number of piperidine rings is 1. The molecule has 5 heteroatoms. The van der Waals surface area contributed by atoms with Crippen LogP contribution in [0, 0.1) is 12.8 Å². The lowest BCUT2D eigenvalue weighted by Crippen LogP contribution is -2.50. The van der Waals surface area contributed by atoms with E-state index in [0.29, 0.717) is 17.0 Å². The van der Waals surface area contributed by atoms with Crippen molar-refractivity contribution in [1.29, 1.82) is 0 Å². The van der Waals surface area contributed by atoms with Crippen molar-refractivity contribution < 1.29 is 4.79 Å². The lowest BCUT2D eigenvalue weighted by molar-refractivity contribution is -0.134. The van der Waals surface area contributed by atoms with E-state index in [-0.39, 0.29) is 5.91 Å². The SMILES string of the molecule is Cc1cc(-c2ccccc2)nc(SCC(=O)N2CCC[C@@H]3CCCC[C@H]32)n1. The summed E-state index contributed by atoms with van der Waals surface area (Å²) < 4.78 is 0. The van der Waals surface area contributed by atoms with Gasteiger partial charge in [-0.1, -0.05) is 54.9 Å². The number of hydrogen-bond acceptors (Lipinski definition) is 4. The van der Waals surface area contributed by atoms with Gasteiger partial charge in [0.25, 0.3) is 0 Å². The Bertz CT molecular complexity index is 793. The van der Waals surface area contributed by atoms with Crippen molar-refractivity contribution in [3.05, 3.63) is 42.1 Å². The third-order valence-electron chi connectivity index (χ3n) is 5.79. The Balaban J connectivity index is 1.44. The molecule has 27 heavy (non-hydrogen) atoms. The van der Waals surface area contributed by atoms with E-state index in [1.54, 1.807) is 0 Å². The third-order valence-corrected chi connectivity index (χ3v) is 6.62. The van der Waals surface area contributed by atoms with Crippen molar-refractivity contribution in [2.75, 3.05) is 12.3 Å². The highest BCUT2D eigenvalue weighted by Gasteiger charge is 2.35. The molecule has 2 aliphatic rings. The molecule has 2 heterocycles. The fraction of sp³-hybridized carbons (Fsp3) is 0.500. The molecule has 1 aliphatic heterocycles. The minimum atomic E-state index is 0.253. The molecule has 0 radical (unpaired) electrons. The number of rotatable bonds is 4. The first-order valence-corrected chi connectivity index (χ1v) is 11.0. The molecular formula is C22H27N3OS. The van der Waals surface area contributed by atoms with E-state index in [1.807, 2.05) is 31.2 Å². The zero-order valence-corrected chi connectivity index (χ0v) is 16.8. The maximum Gasteiger partial charge on any atom is 0.233 e. The Labute approximate surface area is 165 Å². The monoisotopic (exact) mass is 381 g/mol. The van der Waals surface area contributed by atoms with Gasteiger partial charge < -0.3 is 4.90 Å². The third kappa shape index (κ3) is 4.34. The van der Waals surface area contributed by atoms with Crippen molar-refractivity contribution in [2.45, 2.75) is 56.6 Å². The van der Waals surface area contributed by atoms with Crippen molar-refractivity contribution in [1.82, 2.24) is 14.9 Å². The predicted molar refractivity (Wildman–Crippen MR) is 110 cm³/mol. The van der Waals surface area contributed by atoms with Gasteiger partial charge in [-0.15, -0.1) is 0 Å². The van der Waals surface area contributed by atoms with Crippen LogP contribution < -0.4 is 0 Å². The topological polar surface area (TPSA) is 46.1 Å². The zero-order valence-electron chi connectivity index (χ0n) is 15.9. The van der Waals surface area contributed by atoms with Crippen LogP contribution in [-0.4, -0.2) is 39.1 Å². The molecule has 0 N–H and O–H groups in total. The quantitative estimate of drug-likeness (QED) is 0.568. The number of aryl methyl sites for hydroxylation is 1. The van der Waals surface area contributed by atoms with Crippen LogP contribution in [0.25, 0.3) is 11.3 Å². The molecule has 4 rings (SSSR count). The van der Waals surface area contributed by atoms with Gasteiger partial charge in [0, 0.05) is 23.8 Å². The number of aromatic nitrogens is 2. The van der Waals surface area contributed by atoms with Crippen LogP contribution in [0.2, 0.25) is 0 Å². The molecule has 1 aromatic heterocycles. The summed E-state index contributed by atoms with van der Waals surface area (Å²) in [6.45, 7) is 2.90. The van der Waals surface area contributed by atoms with E-state index in [1.165, 1.54) is 43.9 Å². The summed E-state index contributed by atoms with van der Waals surface area (Å²) in [5.41, 5.74) is 2.93. The van der Waals surface area contributed by atoms with Crippen LogP contribution in [0.1, 0.15) is 44.2 Å². The maximum atomic E-state index is 12.9. The number of amides is 1. The molecule has 1 aromatic carbocycles.